The Labute approximate surface area is 216 Å². The zero-order valence-electron chi connectivity index (χ0n) is 21.1. The molecule has 2 aromatic carbocycles. The van der Waals surface area contributed by atoms with E-state index in [1.54, 1.807) is 12.1 Å². The van der Waals surface area contributed by atoms with Gasteiger partial charge >= 0.3 is 5.97 Å². The second-order valence-corrected chi connectivity index (χ2v) is 9.01. The van der Waals surface area contributed by atoms with Crippen LogP contribution in [0, 0.1) is 11.8 Å². The van der Waals surface area contributed by atoms with Gasteiger partial charge in [-0.3, -0.25) is 0 Å². The topological polar surface area (TPSA) is 47.6 Å². The van der Waals surface area contributed by atoms with Crippen molar-refractivity contribution in [1.82, 2.24) is 0 Å². The summed E-state index contributed by atoms with van der Waals surface area (Å²) in [5.41, 5.74) is 2.64. The molecule has 0 aliphatic rings. The highest BCUT2D eigenvalue weighted by molar-refractivity contribution is 6.30. The molecule has 0 saturated heterocycles. The van der Waals surface area contributed by atoms with Crippen LogP contribution in [0.15, 0.2) is 48.5 Å². The Kier molecular flexibility index (Phi) is 15.4. The standard InChI is InChI=1S/C30H40ClNO3/c1-2-34-24-25-35-30(33)27-17-21-29(22-18-27)32-23-13-11-9-7-5-3-4-6-8-10-12-14-26-15-19-28(31)20-16-26/h15-22,32H,2-11,13,23-25H2,1H3. The van der Waals surface area contributed by atoms with E-state index < -0.39 is 0 Å². The van der Waals surface area contributed by atoms with Crippen molar-refractivity contribution in [3.05, 3.63) is 64.7 Å². The number of unbranched alkanes of at least 4 members (excludes halogenated alkanes) is 9. The van der Waals surface area contributed by atoms with Gasteiger partial charge in [-0.1, -0.05) is 68.4 Å². The number of esters is 1. The number of rotatable bonds is 17. The molecule has 0 aliphatic carbocycles. The average molecular weight is 498 g/mol. The summed E-state index contributed by atoms with van der Waals surface area (Å²) < 4.78 is 10.3. The Morgan fingerprint density at radius 2 is 1.46 bits per heavy atom. The monoisotopic (exact) mass is 497 g/mol. The molecule has 0 fully saturated rings. The van der Waals surface area contributed by atoms with Crippen molar-refractivity contribution < 1.29 is 14.3 Å². The molecule has 0 atom stereocenters. The first-order valence-corrected chi connectivity index (χ1v) is 13.4. The van der Waals surface area contributed by atoms with Crippen LogP contribution in [0.25, 0.3) is 0 Å². The maximum Gasteiger partial charge on any atom is 0.338 e. The Balaban J connectivity index is 1.39. The summed E-state index contributed by atoms with van der Waals surface area (Å²) in [7, 11) is 0. The molecule has 0 radical (unpaired) electrons. The molecule has 2 rings (SSSR count). The van der Waals surface area contributed by atoms with Crippen molar-refractivity contribution in [3.8, 4) is 11.8 Å². The van der Waals surface area contributed by atoms with Crippen LogP contribution in [0.3, 0.4) is 0 Å². The first-order valence-electron chi connectivity index (χ1n) is 13.0. The van der Waals surface area contributed by atoms with E-state index in [-0.39, 0.29) is 12.6 Å². The summed E-state index contributed by atoms with van der Waals surface area (Å²) in [4.78, 5) is 12.0. The quantitative estimate of drug-likeness (QED) is 0.137. The fourth-order valence-corrected chi connectivity index (χ4v) is 3.78. The molecule has 35 heavy (non-hydrogen) atoms. The van der Waals surface area contributed by atoms with Gasteiger partial charge < -0.3 is 14.8 Å². The number of halogens is 1. The fourth-order valence-electron chi connectivity index (χ4n) is 3.65. The first kappa shape index (κ1) is 28.8. The van der Waals surface area contributed by atoms with Gasteiger partial charge in [-0.25, -0.2) is 4.79 Å². The molecule has 2 aromatic rings. The lowest BCUT2D eigenvalue weighted by Crippen LogP contribution is -2.11. The summed E-state index contributed by atoms with van der Waals surface area (Å²) in [6.07, 6.45) is 12.4. The highest BCUT2D eigenvalue weighted by Crippen LogP contribution is 2.13. The molecule has 0 spiro atoms. The van der Waals surface area contributed by atoms with Gasteiger partial charge in [0, 0.05) is 35.8 Å². The summed E-state index contributed by atoms with van der Waals surface area (Å²) in [5.74, 6) is 6.15. The molecule has 0 bridgehead atoms. The molecular weight excluding hydrogens is 458 g/mol. The van der Waals surface area contributed by atoms with E-state index in [0.717, 1.165) is 35.7 Å². The van der Waals surface area contributed by atoms with E-state index in [1.807, 2.05) is 43.3 Å². The third-order valence-electron chi connectivity index (χ3n) is 5.67. The summed E-state index contributed by atoms with van der Waals surface area (Å²) in [6, 6.07) is 15.2. The van der Waals surface area contributed by atoms with Crippen LogP contribution in [0.4, 0.5) is 5.69 Å². The van der Waals surface area contributed by atoms with E-state index in [4.69, 9.17) is 21.1 Å². The van der Waals surface area contributed by atoms with Crippen LogP contribution in [0.1, 0.15) is 87.1 Å². The molecule has 4 nitrogen and oxygen atoms in total. The summed E-state index contributed by atoms with van der Waals surface area (Å²) in [5, 5.41) is 4.18. The predicted molar refractivity (Wildman–Crippen MR) is 146 cm³/mol. The van der Waals surface area contributed by atoms with Crippen molar-refractivity contribution >= 4 is 23.3 Å². The SMILES string of the molecule is CCOCCOC(=O)c1ccc(NCCCCCCCCCCCC#Cc2ccc(Cl)cc2)cc1. The van der Waals surface area contributed by atoms with Crippen LogP contribution >= 0.6 is 11.6 Å². The number of hydrogen-bond donors (Lipinski definition) is 1. The van der Waals surface area contributed by atoms with Gasteiger partial charge in [0.15, 0.2) is 0 Å². The minimum Gasteiger partial charge on any atom is -0.460 e. The molecule has 1 N–H and O–H groups in total. The first-order chi connectivity index (χ1) is 17.2. The third-order valence-corrected chi connectivity index (χ3v) is 5.92. The fraction of sp³-hybridized carbons (Fsp3) is 0.500. The lowest BCUT2D eigenvalue weighted by atomic mass is 10.1. The van der Waals surface area contributed by atoms with Gasteiger partial charge in [0.25, 0.3) is 0 Å². The molecule has 0 amide bonds. The van der Waals surface area contributed by atoms with Crippen LogP contribution in [-0.4, -0.2) is 32.3 Å². The normalized spacial score (nSPS) is 10.5. The lowest BCUT2D eigenvalue weighted by molar-refractivity contribution is 0.0335. The highest BCUT2D eigenvalue weighted by Gasteiger charge is 2.06. The number of nitrogens with one attached hydrogen (secondary N) is 1. The molecule has 190 valence electrons. The van der Waals surface area contributed by atoms with E-state index in [0.29, 0.717) is 18.8 Å². The van der Waals surface area contributed by atoms with E-state index in [9.17, 15) is 4.79 Å². The van der Waals surface area contributed by atoms with E-state index in [2.05, 4.69) is 17.2 Å². The zero-order chi connectivity index (χ0) is 25.0. The van der Waals surface area contributed by atoms with Gasteiger partial charge in [-0.05, 0) is 68.3 Å². The average Bonchev–Trinajstić information content (AvgIpc) is 2.88. The van der Waals surface area contributed by atoms with Crippen LogP contribution < -0.4 is 5.32 Å². The third kappa shape index (κ3) is 13.9. The maximum atomic E-state index is 12.0. The number of carbonyl (C=O) groups is 1. The molecular formula is C30H40ClNO3. The largest absolute Gasteiger partial charge is 0.460 e. The molecule has 0 saturated carbocycles. The van der Waals surface area contributed by atoms with Crippen LogP contribution in [-0.2, 0) is 9.47 Å². The van der Waals surface area contributed by atoms with E-state index >= 15 is 0 Å². The predicted octanol–water partition coefficient (Wildman–Crippen LogP) is 7.90. The second kappa shape index (κ2) is 18.8. The van der Waals surface area contributed by atoms with Crippen molar-refractivity contribution in [2.45, 2.75) is 71.1 Å². The number of anilines is 1. The van der Waals surface area contributed by atoms with Crippen molar-refractivity contribution in [1.29, 1.82) is 0 Å². The van der Waals surface area contributed by atoms with Crippen LogP contribution in [0.5, 0.6) is 0 Å². The minimum absolute atomic E-state index is 0.285. The molecule has 0 aromatic heterocycles. The lowest BCUT2D eigenvalue weighted by Gasteiger charge is -2.08. The Bertz CT molecular complexity index is 885. The van der Waals surface area contributed by atoms with Gasteiger partial charge in [0.1, 0.15) is 6.61 Å². The van der Waals surface area contributed by atoms with Crippen molar-refractivity contribution in [2.24, 2.45) is 0 Å². The number of ether oxygens (including phenoxy) is 2. The van der Waals surface area contributed by atoms with Gasteiger partial charge in [-0.2, -0.15) is 0 Å². The van der Waals surface area contributed by atoms with Gasteiger partial charge in [-0.15, -0.1) is 0 Å². The van der Waals surface area contributed by atoms with Crippen molar-refractivity contribution in [2.75, 3.05) is 31.7 Å². The summed E-state index contributed by atoms with van der Waals surface area (Å²) in [6.45, 7) is 4.22. The summed E-state index contributed by atoms with van der Waals surface area (Å²) >= 11 is 5.88. The van der Waals surface area contributed by atoms with Gasteiger partial charge in [0.05, 0.1) is 12.2 Å². The Morgan fingerprint density at radius 3 is 2.11 bits per heavy atom. The molecule has 0 unspecified atom stereocenters. The van der Waals surface area contributed by atoms with Crippen LogP contribution in [0.2, 0.25) is 5.02 Å². The maximum absolute atomic E-state index is 12.0. The molecule has 0 heterocycles. The Hall–Kier alpha value is -2.48. The van der Waals surface area contributed by atoms with Crippen molar-refractivity contribution in [3.63, 3.8) is 0 Å². The number of benzene rings is 2. The van der Waals surface area contributed by atoms with E-state index in [1.165, 1.54) is 51.4 Å². The number of hydrogen-bond acceptors (Lipinski definition) is 4. The molecule has 5 heteroatoms. The minimum atomic E-state index is -0.306. The second-order valence-electron chi connectivity index (χ2n) is 8.58. The number of carbonyl (C=O) groups excluding carboxylic acids is 1. The van der Waals surface area contributed by atoms with Gasteiger partial charge in [0.2, 0.25) is 0 Å². The molecule has 0 aliphatic heterocycles. The highest BCUT2D eigenvalue weighted by atomic mass is 35.5. The smallest absolute Gasteiger partial charge is 0.338 e. The zero-order valence-corrected chi connectivity index (χ0v) is 21.9. The Morgan fingerprint density at radius 1 is 0.829 bits per heavy atom.